The Hall–Kier alpha value is -4.72. The summed E-state index contributed by atoms with van der Waals surface area (Å²) in [4.78, 5) is 28.2. The van der Waals surface area contributed by atoms with E-state index in [9.17, 15) is 23.6 Å². The van der Waals surface area contributed by atoms with Gasteiger partial charge in [0.1, 0.15) is 12.2 Å². The quantitative estimate of drug-likeness (QED) is 0.417. The van der Waals surface area contributed by atoms with E-state index in [2.05, 4.69) is 20.6 Å². The third-order valence-corrected chi connectivity index (χ3v) is 7.11. The second kappa shape index (κ2) is 7.16. The first-order valence-electron chi connectivity index (χ1n) is 11.5. The molecule has 1 saturated carbocycles. The lowest BCUT2D eigenvalue weighted by atomic mass is 9.98. The number of alkyl halides is 2. The molecule has 11 heteroatoms. The third kappa shape index (κ3) is 3.22. The van der Waals surface area contributed by atoms with Crippen LogP contribution in [0.2, 0.25) is 0 Å². The molecule has 0 saturated heterocycles. The highest BCUT2D eigenvalue weighted by Crippen LogP contribution is 2.59. The van der Waals surface area contributed by atoms with Crippen molar-refractivity contribution in [3.05, 3.63) is 70.2 Å². The normalized spacial score (nSPS) is 17.7. The number of halogens is 2. The standard InChI is InChI=1S/C26H16F2N4O5/c27-26(28)36-19-9-17-18(10-20(19)37-26)31(13-25(17)5-6-25)21(33)12-32-24(34)16-4-7-35-23(16)22(30-32)15-3-1-2-14(8-15)11-29/h1-4,7-10H,5-6,12-13H2. The first kappa shape index (κ1) is 21.6. The molecule has 2 aliphatic heterocycles. The van der Waals surface area contributed by atoms with E-state index in [0.717, 1.165) is 23.1 Å². The van der Waals surface area contributed by atoms with Crippen molar-refractivity contribution in [2.24, 2.45) is 0 Å². The molecule has 9 nitrogen and oxygen atoms in total. The number of nitrogens with zero attached hydrogens (tertiary/aromatic N) is 4. The van der Waals surface area contributed by atoms with E-state index in [0.29, 0.717) is 29.1 Å². The average molecular weight is 502 g/mol. The SMILES string of the molecule is N#Cc1cccc(-c2nn(CC(=O)N3CC4(CC4)c4cc5c(cc43)OC(F)(F)O5)c(=O)c3ccoc23)c1. The Morgan fingerprint density at radius 1 is 1.14 bits per heavy atom. The van der Waals surface area contributed by atoms with Crippen molar-refractivity contribution in [1.82, 2.24) is 9.78 Å². The number of amides is 1. The zero-order chi connectivity index (χ0) is 25.5. The molecule has 0 unspecified atom stereocenters. The van der Waals surface area contributed by atoms with Crippen LogP contribution in [0.5, 0.6) is 11.5 Å². The van der Waals surface area contributed by atoms with Crippen LogP contribution in [0.15, 0.2) is 57.9 Å². The van der Waals surface area contributed by atoms with Gasteiger partial charge in [-0.15, -0.1) is 8.78 Å². The molecule has 0 atom stereocenters. The predicted molar refractivity (Wildman–Crippen MR) is 124 cm³/mol. The summed E-state index contributed by atoms with van der Waals surface area (Å²) < 4.78 is 43.1. The molecule has 1 aliphatic carbocycles. The van der Waals surface area contributed by atoms with Gasteiger partial charge in [0.25, 0.3) is 5.56 Å². The van der Waals surface area contributed by atoms with Crippen molar-refractivity contribution in [3.63, 3.8) is 0 Å². The number of ether oxygens (including phenoxy) is 2. The molecule has 0 bridgehead atoms. The highest BCUT2D eigenvalue weighted by atomic mass is 19.3. The van der Waals surface area contributed by atoms with Crippen molar-refractivity contribution in [3.8, 4) is 28.8 Å². The summed E-state index contributed by atoms with van der Waals surface area (Å²) in [6.45, 7) is -0.0226. The summed E-state index contributed by atoms with van der Waals surface area (Å²) in [6.07, 6.45) is -0.792. The van der Waals surface area contributed by atoms with Gasteiger partial charge >= 0.3 is 6.29 Å². The lowest BCUT2D eigenvalue weighted by Crippen LogP contribution is -2.37. The molecule has 0 N–H and O–H groups in total. The Morgan fingerprint density at radius 2 is 1.92 bits per heavy atom. The van der Waals surface area contributed by atoms with Crippen molar-refractivity contribution in [2.75, 3.05) is 11.4 Å². The molecule has 37 heavy (non-hydrogen) atoms. The number of hydrogen-bond donors (Lipinski definition) is 0. The van der Waals surface area contributed by atoms with Gasteiger partial charge in [-0.2, -0.15) is 10.4 Å². The Kier molecular flexibility index (Phi) is 4.17. The molecule has 1 spiro atoms. The minimum absolute atomic E-state index is 0.0585. The molecular weight excluding hydrogens is 486 g/mol. The van der Waals surface area contributed by atoms with E-state index in [1.165, 1.54) is 29.4 Å². The van der Waals surface area contributed by atoms with Crippen LogP contribution in [0, 0.1) is 11.3 Å². The number of benzene rings is 2. The Morgan fingerprint density at radius 3 is 2.68 bits per heavy atom. The molecular formula is C26H16F2N4O5. The Bertz CT molecular complexity index is 1750. The number of rotatable bonds is 3. The maximum atomic E-state index is 13.6. The van der Waals surface area contributed by atoms with Gasteiger partial charge in [0.2, 0.25) is 5.91 Å². The topological polar surface area (TPSA) is 111 Å². The van der Waals surface area contributed by atoms with Crippen molar-refractivity contribution in [2.45, 2.75) is 31.1 Å². The number of fused-ring (bicyclic) bond motifs is 4. The van der Waals surface area contributed by atoms with Crippen molar-refractivity contribution >= 4 is 22.6 Å². The van der Waals surface area contributed by atoms with Crippen LogP contribution >= 0.6 is 0 Å². The van der Waals surface area contributed by atoms with Crippen LogP contribution < -0.4 is 19.9 Å². The lowest BCUT2D eigenvalue weighted by Gasteiger charge is -2.18. The van der Waals surface area contributed by atoms with Gasteiger partial charge in [-0.05, 0) is 42.7 Å². The third-order valence-electron chi connectivity index (χ3n) is 7.11. The monoisotopic (exact) mass is 502 g/mol. The van der Waals surface area contributed by atoms with Crippen LogP contribution in [0.1, 0.15) is 24.0 Å². The van der Waals surface area contributed by atoms with Crippen LogP contribution in [-0.2, 0) is 16.8 Å². The van der Waals surface area contributed by atoms with Gasteiger partial charge in [0.05, 0.1) is 29.0 Å². The van der Waals surface area contributed by atoms with Gasteiger partial charge in [-0.25, -0.2) is 4.68 Å². The number of carbonyl (C=O) groups excluding carboxylic acids is 1. The van der Waals surface area contributed by atoms with E-state index in [1.54, 1.807) is 24.3 Å². The van der Waals surface area contributed by atoms with Gasteiger partial charge < -0.3 is 18.8 Å². The first-order chi connectivity index (χ1) is 17.8. The van der Waals surface area contributed by atoms with E-state index < -0.39 is 17.8 Å². The molecule has 184 valence electrons. The van der Waals surface area contributed by atoms with Gasteiger partial charge in [0, 0.05) is 23.6 Å². The second-order valence-electron chi connectivity index (χ2n) is 9.41. The molecule has 1 fully saturated rings. The molecule has 7 rings (SSSR count). The molecule has 4 aromatic rings. The zero-order valence-electron chi connectivity index (χ0n) is 19.0. The second-order valence-corrected chi connectivity index (χ2v) is 9.41. The van der Waals surface area contributed by atoms with E-state index in [1.807, 2.05) is 0 Å². The molecule has 2 aromatic heterocycles. The highest BCUT2D eigenvalue weighted by molar-refractivity contribution is 5.97. The summed E-state index contributed by atoms with van der Waals surface area (Å²) in [5, 5.41) is 13.9. The van der Waals surface area contributed by atoms with E-state index in [4.69, 9.17) is 4.42 Å². The number of nitriles is 1. The summed E-state index contributed by atoms with van der Waals surface area (Å²) >= 11 is 0. The summed E-state index contributed by atoms with van der Waals surface area (Å²) in [7, 11) is 0. The first-order valence-corrected chi connectivity index (χ1v) is 11.5. The Balaban J connectivity index is 1.28. The minimum Gasteiger partial charge on any atom is -0.462 e. The van der Waals surface area contributed by atoms with Gasteiger partial charge in [-0.3, -0.25) is 9.59 Å². The fourth-order valence-electron chi connectivity index (χ4n) is 5.16. The largest absolute Gasteiger partial charge is 0.586 e. The fraction of sp³-hybridized carbons (Fsp3) is 0.231. The van der Waals surface area contributed by atoms with E-state index in [-0.39, 0.29) is 34.4 Å². The number of aromatic nitrogens is 2. The smallest absolute Gasteiger partial charge is 0.462 e. The van der Waals surface area contributed by atoms with Crippen molar-refractivity contribution in [1.29, 1.82) is 5.26 Å². The molecule has 0 radical (unpaired) electrons. The minimum atomic E-state index is -3.76. The highest BCUT2D eigenvalue weighted by Gasteiger charge is 2.55. The van der Waals surface area contributed by atoms with Gasteiger partial charge in [-0.1, -0.05) is 12.1 Å². The zero-order valence-corrected chi connectivity index (χ0v) is 19.0. The number of anilines is 1. The van der Waals surface area contributed by atoms with Crippen LogP contribution in [0.3, 0.4) is 0 Å². The van der Waals surface area contributed by atoms with Gasteiger partial charge in [0.15, 0.2) is 17.1 Å². The number of furan rings is 1. The maximum Gasteiger partial charge on any atom is 0.586 e. The maximum absolute atomic E-state index is 13.6. The van der Waals surface area contributed by atoms with Crippen LogP contribution in [0.4, 0.5) is 14.5 Å². The van der Waals surface area contributed by atoms with E-state index >= 15 is 0 Å². The molecule has 1 amide bonds. The number of carbonyl (C=O) groups is 1. The summed E-state index contributed by atoms with van der Waals surface area (Å²) in [6, 6.07) is 13.2. The van der Waals surface area contributed by atoms with Crippen LogP contribution in [0.25, 0.3) is 22.2 Å². The molecule has 2 aromatic carbocycles. The summed E-state index contributed by atoms with van der Waals surface area (Å²) in [5.74, 6) is -0.629. The Labute approximate surface area is 207 Å². The fourth-order valence-corrected chi connectivity index (χ4v) is 5.16. The van der Waals surface area contributed by atoms with Crippen molar-refractivity contribution < 1.29 is 27.5 Å². The predicted octanol–water partition coefficient (Wildman–Crippen LogP) is 3.93. The molecule has 4 heterocycles. The van der Waals surface area contributed by atoms with Crippen LogP contribution in [-0.4, -0.2) is 28.5 Å². The lowest BCUT2D eigenvalue weighted by molar-refractivity contribution is -0.286. The summed E-state index contributed by atoms with van der Waals surface area (Å²) in [5.41, 5.74) is 1.90. The number of hydrogen-bond acceptors (Lipinski definition) is 7. The average Bonchev–Trinajstić information content (AvgIpc) is 3.20. The molecule has 3 aliphatic rings.